The standard InChI is InChI=1S/C22H15ClF4N4O3/c1-12-20(29-8-9-32)19(6-7-28-12)34-14-3-5-18(17(24)11-14)31-21(33)30-13-2-4-16(23)15(10-13)22(25,26)27/h2-11H,1H3,(H2,30,31,33). The quantitative estimate of drug-likeness (QED) is 0.231. The van der Waals surface area contributed by atoms with Crippen molar-refractivity contribution >= 4 is 47.2 Å². The van der Waals surface area contributed by atoms with Crippen LogP contribution in [0.1, 0.15) is 11.3 Å². The Morgan fingerprint density at radius 3 is 2.59 bits per heavy atom. The number of anilines is 2. The highest BCUT2D eigenvalue weighted by atomic mass is 35.5. The molecule has 3 rings (SSSR count). The molecule has 3 aromatic rings. The summed E-state index contributed by atoms with van der Waals surface area (Å²) in [6, 6.07) is 6.87. The van der Waals surface area contributed by atoms with Crippen LogP contribution in [-0.2, 0) is 11.0 Å². The van der Waals surface area contributed by atoms with E-state index in [1.165, 1.54) is 30.5 Å². The minimum absolute atomic E-state index is 0.0594. The SMILES string of the molecule is Cc1nccc(Oc2ccc(NC(=O)Nc3ccc(Cl)c(C(F)(F)F)c3)c(F)c2)c1N=CC=O. The number of aliphatic imine (C=N–C) groups is 1. The molecule has 0 saturated carbocycles. The molecule has 176 valence electrons. The van der Waals surface area contributed by atoms with Crippen molar-refractivity contribution in [2.45, 2.75) is 13.1 Å². The zero-order valence-electron chi connectivity index (χ0n) is 17.3. The minimum atomic E-state index is -4.71. The first-order chi connectivity index (χ1) is 16.1. The van der Waals surface area contributed by atoms with Gasteiger partial charge in [0.05, 0.1) is 28.2 Å². The Morgan fingerprint density at radius 1 is 1.15 bits per heavy atom. The Labute approximate surface area is 195 Å². The van der Waals surface area contributed by atoms with Crippen molar-refractivity contribution in [1.82, 2.24) is 4.98 Å². The van der Waals surface area contributed by atoms with Gasteiger partial charge in [0.15, 0.2) is 12.0 Å². The first kappa shape index (κ1) is 24.6. The van der Waals surface area contributed by atoms with Gasteiger partial charge in [-0.3, -0.25) is 9.78 Å². The number of aldehydes is 1. The van der Waals surface area contributed by atoms with Gasteiger partial charge in [0.2, 0.25) is 0 Å². The number of amides is 2. The van der Waals surface area contributed by atoms with Crippen molar-refractivity contribution in [2.75, 3.05) is 10.6 Å². The summed E-state index contributed by atoms with van der Waals surface area (Å²) in [4.78, 5) is 30.7. The molecule has 0 spiro atoms. The highest BCUT2D eigenvalue weighted by molar-refractivity contribution is 6.31. The summed E-state index contributed by atoms with van der Waals surface area (Å²) in [5.41, 5.74) is -0.812. The lowest BCUT2D eigenvalue weighted by Crippen LogP contribution is -2.20. The molecule has 0 saturated heterocycles. The Bertz CT molecular complexity index is 1270. The first-order valence-corrected chi connectivity index (χ1v) is 9.82. The van der Waals surface area contributed by atoms with Crippen molar-refractivity contribution in [3.05, 3.63) is 70.8 Å². The Kier molecular flexibility index (Phi) is 7.47. The summed E-state index contributed by atoms with van der Waals surface area (Å²) in [5, 5.41) is 3.87. The number of carbonyl (C=O) groups is 2. The van der Waals surface area contributed by atoms with Gasteiger partial charge in [-0.25, -0.2) is 14.2 Å². The van der Waals surface area contributed by atoms with Crippen LogP contribution in [0, 0.1) is 12.7 Å². The van der Waals surface area contributed by atoms with E-state index < -0.39 is 28.6 Å². The maximum Gasteiger partial charge on any atom is 0.417 e. The molecule has 0 aliphatic carbocycles. The fourth-order valence-electron chi connectivity index (χ4n) is 2.77. The second-order valence-corrected chi connectivity index (χ2v) is 7.08. The van der Waals surface area contributed by atoms with Crippen molar-refractivity contribution < 1.29 is 31.9 Å². The van der Waals surface area contributed by atoms with E-state index in [0.717, 1.165) is 18.3 Å². The molecule has 0 bridgehead atoms. The molecular weight excluding hydrogens is 480 g/mol. The average Bonchev–Trinajstić information content (AvgIpc) is 2.76. The van der Waals surface area contributed by atoms with E-state index in [9.17, 15) is 27.2 Å². The minimum Gasteiger partial charge on any atom is -0.455 e. The van der Waals surface area contributed by atoms with E-state index >= 15 is 0 Å². The lowest BCUT2D eigenvalue weighted by Gasteiger charge is -2.13. The zero-order chi connectivity index (χ0) is 24.9. The number of carbonyl (C=O) groups excluding carboxylic acids is 2. The van der Waals surface area contributed by atoms with Gasteiger partial charge in [-0.15, -0.1) is 0 Å². The fraction of sp³-hybridized carbons (Fsp3) is 0.0909. The predicted octanol–water partition coefficient (Wildman–Crippen LogP) is 6.54. The van der Waals surface area contributed by atoms with Crippen molar-refractivity contribution in [3.8, 4) is 11.5 Å². The van der Waals surface area contributed by atoms with Gasteiger partial charge in [-0.1, -0.05) is 11.6 Å². The molecule has 0 aliphatic rings. The molecule has 1 aromatic heterocycles. The number of hydrogen-bond donors (Lipinski definition) is 2. The third kappa shape index (κ3) is 6.07. The van der Waals surface area contributed by atoms with Crippen LogP contribution in [0.25, 0.3) is 0 Å². The number of aryl methyl sites for hydroxylation is 1. The van der Waals surface area contributed by atoms with E-state index in [4.69, 9.17) is 16.3 Å². The summed E-state index contributed by atoms with van der Waals surface area (Å²) in [6.07, 6.45) is -1.77. The molecule has 2 amide bonds. The van der Waals surface area contributed by atoms with Crippen molar-refractivity contribution in [1.29, 1.82) is 0 Å². The van der Waals surface area contributed by atoms with E-state index in [-0.39, 0.29) is 28.6 Å². The Hall–Kier alpha value is -3.99. The molecular formula is C22H15ClF4N4O3. The molecule has 1 heterocycles. The van der Waals surface area contributed by atoms with Gasteiger partial charge in [-0.2, -0.15) is 13.2 Å². The number of benzene rings is 2. The molecule has 12 heteroatoms. The Balaban J connectivity index is 1.73. The highest BCUT2D eigenvalue weighted by Crippen LogP contribution is 2.36. The summed E-state index contributed by atoms with van der Waals surface area (Å²) in [5.74, 6) is -0.598. The van der Waals surface area contributed by atoms with Crippen LogP contribution in [0.3, 0.4) is 0 Å². The normalized spacial score (nSPS) is 11.4. The average molecular weight is 495 g/mol. The number of urea groups is 1. The van der Waals surface area contributed by atoms with E-state index in [1.807, 2.05) is 0 Å². The second-order valence-electron chi connectivity index (χ2n) is 6.67. The van der Waals surface area contributed by atoms with Gasteiger partial charge >= 0.3 is 12.2 Å². The van der Waals surface area contributed by atoms with Gasteiger partial charge in [0.25, 0.3) is 0 Å². The van der Waals surface area contributed by atoms with Crippen LogP contribution < -0.4 is 15.4 Å². The van der Waals surface area contributed by atoms with Crippen LogP contribution in [0.15, 0.2) is 53.7 Å². The van der Waals surface area contributed by atoms with Crippen molar-refractivity contribution in [2.24, 2.45) is 4.99 Å². The number of pyridine rings is 1. The molecule has 0 radical (unpaired) electrons. The van der Waals surface area contributed by atoms with Crippen LogP contribution in [0.2, 0.25) is 5.02 Å². The number of hydrogen-bond acceptors (Lipinski definition) is 5. The van der Waals surface area contributed by atoms with Crippen LogP contribution in [-0.4, -0.2) is 23.5 Å². The summed E-state index contributed by atoms with van der Waals surface area (Å²) in [6.45, 7) is 1.65. The summed E-state index contributed by atoms with van der Waals surface area (Å²) in [7, 11) is 0. The second kappa shape index (κ2) is 10.3. The molecule has 0 atom stereocenters. The third-order valence-electron chi connectivity index (χ3n) is 4.28. The molecule has 34 heavy (non-hydrogen) atoms. The molecule has 0 fully saturated rings. The number of alkyl halides is 3. The molecule has 2 aromatic carbocycles. The number of rotatable bonds is 6. The number of ether oxygens (including phenoxy) is 1. The lowest BCUT2D eigenvalue weighted by atomic mass is 10.2. The fourth-order valence-corrected chi connectivity index (χ4v) is 3.00. The van der Waals surface area contributed by atoms with Crippen molar-refractivity contribution in [3.63, 3.8) is 0 Å². The van der Waals surface area contributed by atoms with E-state index in [2.05, 4.69) is 20.6 Å². The molecule has 2 N–H and O–H groups in total. The maximum atomic E-state index is 14.5. The topological polar surface area (TPSA) is 92.7 Å². The Morgan fingerprint density at radius 2 is 1.91 bits per heavy atom. The lowest BCUT2D eigenvalue weighted by molar-refractivity contribution is -0.137. The van der Waals surface area contributed by atoms with Gasteiger partial charge < -0.3 is 15.4 Å². The number of halogens is 5. The van der Waals surface area contributed by atoms with Crippen LogP contribution in [0.5, 0.6) is 11.5 Å². The largest absolute Gasteiger partial charge is 0.455 e. The number of nitrogens with zero attached hydrogens (tertiary/aromatic N) is 2. The maximum absolute atomic E-state index is 14.5. The zero-order valence-corrected chi connectivity index (χ0v) is 18.0. The summed E-state index contributed by atoms with van der Waals surface area (Å²) < 4.78 is 59.1. The van der Waals surface area contributed by atoms with Crippen LogP contribution in [0.4, 0.5) is 39.4 Å². The number of aromatic nitrogens is 1. The van der Waals surface area contributed by atoms with Gasteiger partial charge in [0.1, 0.15) is 17.3 Å². The monoisotopic (exact) mass is 494 g/mol. The number of nitrogens with one attached hydrogen (secondary N) is 2. The summed E-state index contributed by atoms with van der Waals surface area (Å²) >= 11 is 5.55. The molecule has 0 unspecified atom stereocenters. The van der Waals surface area contributed by atoms with Gasteiger partial charge in [-0.05, 0) is 37.3 Å². The molecule has 0 aliphatic heterocycles. The van der Waals surface area contributed by atoms with E-state index in [1.54, 1.807) is 6.92 Å². The smallest absolute Gasteiger partial charge is 0.417 e. The first-order valence-electron chi connectivity index (χ1n) is 9.44. The van der Waals surface area contributed by atoms with Gasteiger partial charge in [0, 0.05) is 24.0 Å². The highest BCUT2D eigenvalue weighted by Gasteiger charge is 2.33. The molecule has 7 nitrogen and oxygen atoms in total. The third-order valence-corrected chi connectivity index (χ3v) is 4.61. The van der Waals surface area contributed by atoms with E-state index in [0.29, 0.717) is 18.0 Å². The predicted molar refractivity (Wildman–Crippen MR) is 119 cm³/mol. The van der Waals surface area contributed by atoms with Crippen LogP contribution >= 0.6 is 11.6 Å².